The van der Waals surface area contributed by atoms with Gasteiger partial charge in [-0.05, 0) is 44.0 Å². The second-order valence-electron chi connectivity index (χ2n) is 7.00. The molecule has 0 aromatic heterocycles. The molecule has 2 rings (SSSR count). The quantitative estimate of drug-likeness (QED) is 0.741. The summed E-state index contributed by atoms with van der Waals surface area (Å²) in [5.41, 5.74) is 0.0198. The second kappa shape index (κ2) is 9.51. The lowest BCUT2D eigenvalue weighted by molar-refractivity contribution is -0.126. The van der Waals surface area contributed by atoms with E-state index in [1.54, 1.807) is 12.1 Å². The molecule has 1 aliphatic rings. The van der Waals surface area contributed by atoms with E-state index in [0.717, 1.165) is 32.5 Å². The van der Waals surface area contributed by atoms with Crippen LogP contribution in [0.15, 0.2) is 24.3 Å². The van der Waals surface area contributed by atoms with Gasteiger partial charge in [0.25, 0.3) is 5.91 Å². The van der Waals surface area contributed by atoms with Gasteiger partial charge in [0, 0.05) is 25.6 Å². The Morgan fingerprint density at radius 1 is 1.16 bits per heavy atom. The number of hydrogen-bond donors (Lipinski definition) is 2. The van der Waals surface area contributed by atoms with Gasteiger partial charge in [-0.15, -0.1) is 0 Å². The number of amides is 2. The summed E-state index contributed by atoms with van der Waals surface area (Å²) in [6.45, 7) is 8.04. The van der Waals surface area contributed by atoms with Crippen molar-refractivity contribution in [2.75, 3.05) is 32.7 Å². The van der Waals surface area contributed by atoms with Crippen LogP contribution in [0.2, 0.25) is 0 Å². The van der Waals surface area contributed by atoms with Crippen LogP contribution in [0.1, 0.15) is 37.0 Å². The molecule has 6 heteroatoms. The van der Waals surface area contributed by atoms with Gasteiger partial charge in [-0.25, -0.2) is 4.39 Å². The maximum atomic E-state index is 13.5. The highest BCUT2D eigenvalue weighted by Crippen LogP contribution is 2.18. The average Bonchev–Trinajstić information content (AvgIpc) is 2.59. The minimum absolute atomic E-state index is 0.0198. The van der Waals surface area contributed by atoms with Crippen molar-refractivity contribution >= 4 is 11.8 Å². The number of halogens is 1. The van der Waals surface area contributed by atoms with Crippen molar-refractivity contribution in [3.05, 3.63) is 35.6 Å². The highest BCUT2D eigenvalue weighted by Gasteiger charge is 2.24. The summed E-state index contributed by atoms with van der Waals surface area (Å²) in [7, 11) is 0. The molecule has 0 unspecified atom stereocenters. The molecular weight excluding hydrogens is 321 g/mol. The van der Waals surface area contributed by atoms with Gasteiger partial charge in [-0.3, -0.25) is 9.59 Å². The maximum Gasteiger partial charge on any atom is 0.254 e. The molecule has 0 bridgehead atoms. The third-order valence-corrected chi connectivity index (χ3v) is 4.41. The molecule has 1 fully saturated rings. The zero-order valence-corrected chi connectivity index (χ0v) is 15.1. The highest BCUT2D eigenvalue weighted by atomic mass is 19.1. The van der Waals surface area contributed by atoms with Crippen LogP contribution in [-0.4, -0.2) is 49.4 Å². The van der Waals surface area contributed by atoms with Gasteiger partial charge < -0.3 is 15.5 Å². The molecule has 0 spiro atoms. The van der Waals surface area contributed by atoms with E-state index < -0.39 is 11.7 Å². The molecular formula is C19H28FN3O2. The molecule has 1 aromatic rings. The van der Waals surface area contributed by atoms with Crippen molar-refractivity contribution in [1.82, 2.24) is 15.5 Å². The first-order valence-corrected chi connectivity index (χ1v) is 9.00. The Morgan fingerprint density at radius 3 is 2.44 bits per heavy atom. The SMILES string of the molecule is CC(C)CN1CCC(C(=O)NCCNC(=O)c2ccccc2F)CC1. The van der Waals surface area contributed by atoms with Gasteiger partial charge in [0.1, 0.15) is 5.82 Å². The van der Waals surface area contributed by atoms with E-state index in [1.165, 1.54) is 12.1 Å². The van der Waals surface area contributed by atoms with E-state index in [9.17, 15) is 14.0 Å². The molecule has 0 saturated carbocycles. The number of carbonyl (C=O) groups excluding carboxylic acids is 2. The van der Waals surface area contributed by atoms with Gasteiger partial charge in [0.05, 0.1) is 5.56 Å². The molecule has 0 radical (unpaired) electrons. The first-order valence-electron chi connectivity index (χ1n) is 9.00. The second-order valence-corrected chi connectivity index (χ2v) is 7.00. The number of nitrogens with zero attached hydrogens (tertiary/aromatic N) is 1. The minimum Gasteiger partial charge on any atom is -0.354 e. The van der Waals surface area contributed by atoms with E-state index in [1.807, 2.05) is 0 Å². The Bertz CT molecular complexity index is 584. The molecule has 138 valence electrons. The Morgan fingerprint density at radius 2 is 1.80 bits per heavy atom. The van der Waals surface area contributed by atoms with Crippen LogP contribution in [0.25, 0.3) is 0 Å². The number of likely N-dealkylation sites (tertiary alicyclic amines) is 1. The van der Waals surface area contributed by atoms with Crippen LogP contribution in [0.3, 0.4) is 0 Å². The van der Waals surface area contributed by atoms with Gasteiger partial charge >= 0.3 is 0 Å². The summed E-state index contributed by atoms with van der Waals surface area (Å²) in [4.78, 5) is 26.5. The van der Waals surface area contributed by atoms with Gasteiger partial charge in [0.15, 0.2) is 0 Å². The number of carbonyl (C=O) groups is 2. The number of hydrogen-bond acceptors (Lipinski definition) is 3. The van der Waals surface area contributed by atoms with Crippen LogP contribution >= 0.6 is 0 Å². The first-order chi connectivity index (χ1) is 12.0. The zero-order chi connectivity index (χ0) is 18.2. The lowest BCUT2D eigenvalue weighted by Gasteiger charge is -2.32. The molecule has 1 heterocycles. The Hall–Kier alpha value is -1.95. The van der Waals surface area contributed by atoms with Gasteiger partial charge in [-0.2, -0.15) is 0 Å². The summed E-state index contributed by atoms with van der Waals surface area (Å²) in [5.74, 6) is -0.273. The molecule has 1 aromatic carbocycles. The molecule has 0 aliphatic carbocycles. The van der Waals surface area contributed by atoms with Crippen molar-refractivity contribution < 1.29 is 14.0 Å². The monoisotopic (exact) mass is 349 g/mol. The molecule has 5 nitrogen and oxygen atoms in total. The fourth-order valence-electron chi connectivity index (χ4n) is 3.14. The predicted molar refractivity (Wildman–Crippen MR) is 95.7 cm³/mol. The number of benzene rings is 1. The zero-order valence-electron chi connectivity index (χ0n) is 15.1. The van der Waals surface area contributed by atoms with Gasteiger partial charge in [0.2, 0.25) is 5.91 Å². The van der Waals surface area contributed by atoms with Crippen LogP contribution in [0.5, 0.6) is 0 Å². The first kappa shape index (κ1) is 19.4. The van der Waals surface area contributed by atoms with Crippen LogP contribution in [0.4, 0.5) is 4.39 Å². The van der Waals surface area contributed by atoms with E-state index in [-0.39, 0.29) is 23.9 Å². The summed E-state index contributed by atoms with van der Waals surface area (Å²) in [5, 5.41) is 5.49. The molecule has 25 heavy (non-hydrogen) atoms. The Balaban J connectivity index is 1.64. The lowest BCUT2D eigenvalue weighted by atomic mass is 9.95. The Labute approximate surface area is 149 Å². The molecule has 1 aliphatic heterocycles. The number of rotatable bonds is 7. The van der Waals surface area contributed by atoms with Crippen molar-refractivity contribution in [3.8, 4) is 0 Å². The van der Waals surface area contributed by atoms with Crippen molar-refractivity contribution in [1.29, 1.82) is 0 Å². The lowest BCUT2D eigenvalue weighted by Crippen LogP contribution is -2.43. The number of piperidine rings is 1. The highest BCUT2D eigenvalue weighted by molar-refractivity contribution is 5.94. The average molecular weight is 349 g/mol. The van der Waals surface area contributed by atoms with Crippen molar-refractivity contribution in [2.24, 2.45) is 11.8 Å². The summed E-state index contributed by atoms with van der Waals surface area (Å²) >= 11 is 0. The van der Waals surface area contributed by atoms with Gasteiger partial charge in [-0.1, -0.05) is 26.0 Å². The fraction of sp³-hybridized carbons (Fsp3) is 0.579. The predicted octanol–water partition coefficient (Wildman–Crippen LogP) is 2.04. The third-order valence-electron chi connectivity index (χ3n) is 4.41. The normalized spacial score (nSPS) is 16.0. The fourth-order valence-corrected chi connectivity index (χ4v) is 3.14. The Kier molecular flexibility index (Phi) is 7.37. The molecule has 0 atom stereocenters. The van der Waals surface area contributed by atoms with E-state index >= 15 is 0 Å². The summed E-state index contributed by atoms with van der Waals surface area (Å²) < 4.78 is 13.5. The van der Waals surface area contributed by atoms with Crippen molar-refractivity contribution in [2.45, 2.75) is 26.7 Å². The molecule has 2 amide bonds. The number of nitrogens with one attached hydrogen (secondary N) is 2. The maximum absolute atomic E-state index is 13.5. The van der Waals surface area contributed by atoms with Crippen LogP contribution in [-0.2, 0) is 4.79 Å². The summed E-state index contributed by atoms with van der Waals surface area (Å²) in [6.07, 6.45) is 1.75. The minimum atomic E-state index is -0.544. The third kappa shape index (κ3) is 6.12. The van der Waals surface area contributed by atoms with E-state index in [0.29, 0.717) is 12.5 Å². The van der Waals surface area contributed by atoms with Crippen LogP contribution < -0.4 is 10.6 Å². The largest absolute Gasteiger partial charge is 0.354 e. The topological polar surface area (TPSA) is 61.4 Å². The van der Waals surface area contributed by atoms with Crippen molar-refractivity contribution in [3.63, 3.8) is 0 Å². The summed E-state index contributed by atoms with van der Waals surface area (Å²) in [6, 6.07) is 5.85. The molecule has 2 N–H and O–H groups in total. The van der Waals surface area contributed by atoms with E-state index in [4.69, 9.17) is 0 Å². The smallest absolute Gasteiger partial charge is 0.254 e. The van der Waals surface area contributed by atoms with E-state index in [2.05, 4.69) is 29.4 Å². The standard InChI is InChI=1S/C19H28FN3O2/c1-14(2)13-23-11-7-15(8-12-23)18(24)21-9-10-22-19(25)16-5-3-4-6-17(16)20/h3-6,14-15H,7-13H2,1-2H3,(H,21,24)(H,22,25). The molecule has 1 saturated heterocycles. The van der Waals surface area contributed by atoms with Crippen LogP contribution in [0, 0.1) is 17.7 Å².